The lowest BCUT2D eigenvalue weighted by atomic mass is 9.71. The largest absolute Gasteiger partial charge is 0.500 e. The highest BCUT2D eigenvalue weighted by Crippen LogP contribution is 2.49. The summed E-state index contributed by atoms with van der Waals surface area (Å²) in [5.41, 5.74) is 2.34. The molecule has 0 aromatic heterocycles. The normalized spacial score (nSPS) is 21.1. The van der Waals surface area contributed by atoms with Gasteiger partial charge < -0.3 is 24.6 Å². The number of ether oxygens (including phenoxy) is 3. The fourth-order valence-corrected chi connectivity index (χ4v) is 6.16. The van der Waals surface area contributed by atoms with E-state index in [4.69, 9.17) is 14.2 Å². The first-order valence-electron chi connectivity index (χ1n) is 13.4. The third-order valence-electron chi connectivity index (χ3n) is 8.03. The van der Waals surface area contributed by atoms with E-state index in [0.29, 0.717) is 29.1 Å². The van der Waals surface area contributed by atoms with Gasteiger partial charge in [0.25, 0.3) is 0 Å². The number of hydrogen-bond acceptors (Lipinski definition) is 9. The topological polar surface area (TPSA) is 137 Å². The molecular formula is C30H32N2O8. The molecule has 2 atom stereocenters. The molecule has 5 rings (SSSR count). The Morgan fingerprint density at radius 3 is 2.45 bits per heavy atom. The number of methoxy groups -OCH3 is 2. The summed E-state index contributed by atoms with van der Waals surface area (Å²) >= 11 is 0. The summed E-state index contributed by atoms with van der Waals surface area (Å²) in [4.78, 5) is 38.7. The van der Waals surface area contributed by atoms with Crippen molar-refractivity contribution in [2.75, 3.05) is 14.2 Å². The maximum absolute atomic E-state index is 13.9. The van der Waals surface area contributed by atoms with Crippen molar-refractivity contribution in [1.29, 1.82) is 0 Å². The predicted octanol–water partition coefficient (Wildman–Crippen LogP) is 5.17. The zero-order valence-electron chi connectivity index (χ0n) is 22.7. The number of dihydropyridines is 1. The number of ketones is 1. The van der Waals surface area contributed by atoms with Gasteiger partial charge in [0.1, 0.15) is 11.9 Å². The van der Waals surface area contributed by atoms with Crippen LogP contribution in [-0.4, -0.2) is 42.1 Å². The first-order valence-corrected chi connectivity index (χ1v) is 13.4. The SMILES string of the molecule is COc1ccccc1[C@@H]1CC(=O)C2=C(C1)NC(C)=C(C(=O)OC1CCCC1)[C@H]2c1cc(OC)c(O)c([N+](=O)[O-])c1. The van der Waals surface area contributed by atoms with Gasteiger partial charge in [-0.15, -0.1) is 0 Å². The van der Waals surface area contributed by atoms with E-state index < -0.39 is 28.2 Å². The Bertz CT molecular complexity index is 1440. The maximum Gasteiger partial charge on any atom is 0.337 e. The first kappa shape index (κ1) is 27.2. The Morgan fingerprint density at radius 1 is 1.07 bits per heavy atom. The number of aromatic hydroxyl groups is 1. The molecule has 2 aromatic carbocycles. The van der Waals surface area contributed by atoms with Crippen LogP contribution in [-0.2, 0) is 14.3 Å². The highest BCUT2D eigenvalue weighted by Gasteiger charge is 2.43. The molecule has 10 nitrogen and oxygen atoms in total. The van der Waals surface area contributed by atoms with E-state index >= 15 is 0 Å². The van der Waals surface area contributed by atoms with Gasteiger partial charge in [0.2, 0.25) is 5.75 Å². The molecule has 1 heterocycles. The molecule has 2 aliphatic carbocycles. The van der Waals surface area contributed by atoms with Gasteiger partial charge >= 0.3 is 11.7 Å². The minimum atomic E-state index is -0.940. The van der Waals surface area contributed by atoms with E-state index in [1.807, 2.05) is 24.3 Å². The number of benzene rings is 2. The van der Waals surface area contributed by atoms with Crippen LogP contribution < -0.4 is 14.8 Å². The second-order valence-corrected chi connectivity index (χ2v) is 10.4. The van der Waals surface area contributed by atoms with Crippen molar-refractivity contribution in [3.63, 3.8) is 0 Å². The van der Waals surface area contributed by atoms with Crippen LogP contribution in [0.15, 0.2) is 58.9 Å². The van der Waals surface area contributed by atoms with Gasteiger partial charge in [-0.1, -0.05) is 18.2 Å². The summed E-state index contributed by atoms with van der Waals surface area (Å²) in [5.74, 6) is -1.93. The molecule has 0 spiro atoms. The van der Waals surface area contributed by atoms with E-state index in [2.05, 4.69) is 5.32 Å². The fourth-order valence-electron chi connectivity index (χ4n) is 6.16. The van der Waals surface area contributed by atoms with Gasteiger partial charge in [-0.25, -0.2) is 4.79 Å². The van der Waals surface area contributed by atoms with Gasteiger partial charge in [0.15, 0.2) is 11.5 Å². The van der Waals surface area contributed by atoms with Crippen molar-refractivity contribution < 1.29 is 33.8 Å². The number of esters is 1. The fraction of sp³-hybridized carbons (Fsp3) is 0.400. The number of Topliss-reactive ketones (excluding diaryl/α,β-unsaturated/α-hetero) is 1. The van der Waals surface area contributed by atoms with Gasteiger partial charge in [0, 0.05) is 41.3 Å². The number of nitro benzene ring substituents is 1. The number of carbonyl (C=O) groups excluding carboxylic acids is 2. The van der Waals surface area contributed by atoms with Crippen LogP contribution in [0, 0.1) is 10.1 Å². The Morgan fingerprint density at radius 2 is 1.77 bits per heavy atom. The lowest BCUT2D eigenvalue weighted by molar-refractivity contribution is -0.386. The molecule has 2 N–H and O–H groups in total. The van der Waals surface area contributed by atoms with Crippen molar-refractivity contribution in [2.24, 2.45) is 0 Å². The minimum Gasteiger partial charge on any atom is -0.500 e. The van der Waals surface area contributed by atoms with Gasteiger partial charge in [-0.3, -0.25) is 14.9 Å². The lowest BCUT2D eigenvalue weighted by Crippen LogP contribution is -2.36. The van der Waals surface area contributed by atoms with E-state index in [-0.39, 0.29) is 41.1 Å². The second kappa shape index (κ2) is 11.0. The zero-order chi connectivity index (χ0) is 28.6. The summed E-state index contributed by atoms with van der Waals surface area (Å²) in [6.45, 7) is 1.74. The number of carbonyl (C=O) groups is 2. The standard InChI is InChI=1S/C30H32N2O8/c1-16-26(30(35)40-19-8-4-5-9-19)27(18-13-22(32(36)37)29(34)25(15-18)39-3)28-21(31-16)12-17(14-23(28)33)20-10-6-7-11-24(20)38-2/h6-7,10-11,13,15,17,19,27,31,34H,4-5,8-9,12,14H2,1-3H3/t17-,27+/m0/s1. The van der Waals surface area contributed by atoms with Crippen molar-refractivity contribution >= 4 is 17.4 Å². The number of para-hydroxylation sites is 1. The van der Waals surface area contributed by atoms with Gasteiger partial charge in [-0.2, -0.15) is 0 Å². The summed E-state index contributed by atoms with van der Waals surface area (Å²) < 4.78 is 16.7. The Kier molecular flexibility index (Phi) is 7.51. The molecule has 0 amide bonds. The summed E-state index contributed by atoms with van der Waals surface area (Å²) in [6.07, 6.45) is 3.89. The highest BCUT2D eigenvalue weighted by molar-refractivity contribution is 6.04. The molecule has 0 bridgehead atoms. The first-order chi connectivity index (χ1) is 19.2. The molecule has 10 heteroatoms. The molecule has 1 aliphatic heterocycles. The molecule has 0 saturated heterocycles. The molecular weight excluding hydrogens is 516 g/mol. The number of nitrogens with one attached hydrogen (secondary N) is 1. The number of nitrogens with zero attached hydrogens (tertiary/aromatic N) is 1. The van der Waals surface area contributed by atoms with Crippen LogP contribution in [0.1, 0.15) is 68.4 Å². The third-order valence-corrected chi connectivity index (χ3v) is 8.03. The molecule has 40 heavy (non-hydrogen) atoms. The van der Waals surface area contributed by atoms with Gasteiger partial charge in [0.05, 0.1) is 24.7 Å². The third kappa shape index (κ3) is 4.89. The lowest BCUT2D eigenvalue weighted by Gasteiger charge is -2.37. The highest BCUT2D eigenvalue weighted by atomic mass is 16.6. The Hall–Kier alpha value is -4.34. The molecule has 0 radical (unpaired) electrons. The number of rotatable bonds is 7. The minimum absolute atomic E-state index is 0.124. The average Bonchev–Trinajstić information content (AvgIpc) is 3.45. The number of phenolic OH excluding ortho intramolecular Hbond substituents is 1. The predicted molar refractivity (Wildman–Crippen MR) is 145 cm³/mol. The number of phenols is 1. The summed E-state index contributed by atoms with van der Waals surface area (Å²) in [6, 6.07) is 10.2. The average molecular weight is 549 g/mol. The zero-order valence-corrected chi connectivity index (χ0v) is 22.7. The summed E-state index contributed by atoms with van der Waals surface area (Å²) in [7, 11) is 2.87. The number of hydrogen-bond donors (Lipinski definition) is 2. The maximum atomic E-state index is 13.9. The van der Waals surface area contributed by atoms with Crippen LogP contribution in [0.4, 0.5) is 5.69 Å². The van der Waals surface area contributed by atoms with Crippen LogP contribution in [0.25, 0.3) is 0 Å². The van der Waals surface area contributed by atoms with Gasteiger partial charge in [-0.05, 0) is 62.3 Å². The Labute approximate surface area is 231 Å². The number of nitro groups is 1. The van der Waals surface area contributed by atoms with Crippen LogP contribution in [0.2, 0.25) is 0 Å². The smallest absolute Gasteiger partial charge is 0.337 e. The molecule has 2 aromatic rings. The van der Waals surface area contributed by atoms with E-state index in [0.717, 1.165) is 31.2 Å². The van der Waals surface area contributed by atoms with Crippen LogP contribution in [0.5, 0.6) is 17.2 Å². The quantitative estimate of drug-likeness (QED) is 0.273. The number of allylic oxidation sites excluding steroid dienone is 3. The van der Waals surface area contributed by atoms with Crippen LogP contribution in [0.3, 0.4) is 0 Å². The summed E-state index contributed by atoms with van der Waals surface area (Å²) in [5, 5.41) is 25.5. The van der Waals surface area contributed by atoms with E-state index in [9.17, 15) is 24.8 Å². The molecule has 1 fully saturated rings. The molecule has 210 valence electrons. The van der Waals surface area contributed by atoms with Crippen LogP contribution >= 0.6 is 0 Å². The van der Waals surface area contributed by atoms with E-state index in [1.165, 1.54) is 19.2 Å². The monoisotopic (exact) mass is 548 g/mol. The van der Waals surface area contributed by atoms with Crippen molar-refractivity contribution in [1.82, 2.24) is 5.32 Å². The molecule has 0 unspecified atom stereocenters. The Balaban J connectivity index is 1.64. The second-order valence-electron chi connectivity index (χ2n) is 10.4. The van der Waals surface area contributed by atoms with E-state index in [1.54, 1.807) is 14.0 Å². The van der Waals surface area contributed by atoms with Crippen molar-refractivity contribution in [2.45, 2.75) is 63.4 Å². The van der Waals surface area contributed by atoms with Crippen molar-refractivity contribution in [3.05, 3.63) is 80.2 Å². The van der Waals surface area contributed by atoms with Crippen molar-refractivity contribution in [3.8, 4) is 17.2 Å². The molecule has 3 aliphatic rings. The molecule has 1 saturated carbocycles.